The number of nitrogen functional groups attached to an aromatic ring is 1. The van der Waals surface area contributed by atoms with Gasteiger partial charge < -0.3 is 16.0 Å². The molecule has 0 radical (unpaired) electrons. The van der Waals surface area contributed by atoms with Gasteiger partial charge in [-0.3, -0.25) is 0 Å². The summed E-state index contributed by atoms with van der Waals surface area (Å²) < 4.78 is 0. The third-order valence-electron chi connectivity index (χ3n) is 3.13. The van der Waals surface area contributed by atoms with Crippen LogP contribution in [0.1, 0.15) is 19.3 Å². The predicted octanol–water partition coefficient (Wildman–Crippen LogP) is 2.17. The van der Waals surface area contributed by atoms with Crippen LogP contribution in [0.3, 0.4) is 0 Å². The first kappa shape index (κ1) is 11.3. The van der Waals surface area contributed by atoms with Crippen LogP contribution in [0.2, 0.25) is 0 Å². The van der Waals surface area contributed by atoms with E-state index < -0.39 is 0 Å². The topological polar surface area (TPSA) is 41.3 Å². The van der Waals surface area contributed by atoms with Crippen molar-refractivity contribution in [2.75, 3.05) is 37.2 Å². The van der Waals surface area contributed by atoms with E-state index in [1.165, 1.54) is 38.9 Å². The third-order valence-corrected chi connectivity index (χ3v) is 3.13. The van der Waals surface area contributed by atoms with Crippen LogP contribution >= 0.6 is 0 Å². The van der Waals surface area contributed by atoms with Crippen LogP contribution in [0.15, 0.2) is 24.3 Å². The lowest BCUT2D eigenvalue weighted by molar-refractivity contribution is 0.337. The zero-order valence-corrected chi connectivity index (χ0v) is 9.78. The highest BCUT2D eigenvalue weighted by Crippen LogP contribution is 2.16. The maximum atomic E-state index is 5.85. The SMILES string of the molecule is Nc1ccccc1NCCCN1CCCC1. The van der Waals surface area contributed by atoms with Gasteiger partial charge in [-0.15, -0.1) is 0 Å². The highest BCUT2D eigenvalue weighted by molar-refractivity contribution is 5.65. The van der Waals surface area contributed by atoms with Gasteiger partial charge in [0.1, 0.15) is 0 Å². The predicted molar refractivity (Wildman–Crippen MR) is 69.6 cm³/mol. The van der Waals surface area contributed by atoms with Gasteiger partial charge in [0.2, 0.25) is 0 Å². The number of rotatable bonds is 5. The van der Waals surface area contributed by atoms with E-state index in [-0.39, 0.29) is 0 Å². The van der Waals surface area contributed by atoms with Gasteiger partial charge in [0.25, 0.3) is 0 Å². The number of nitrogens with two attached hydrogens (primary N) is 1. The highest BCUT2D eigenvalue weighted by atomic mass is 15.1. The van der Waals surface area contributed by atoms with E-state index in [2.05, 4.69) is 10.2 Å². The van der Waals surface area contributed by atoms with Gasteiger partial charge in [-0.05, 0) is 51.0 Å². The zero-order chi connectivity index (χ0) is 11.2. The van der Waals surface area contributed by atoms with E-state index in [1.807, 2.05) is 24.3 Å². The van der Waals surface area contributed by atoms with Crippen LogP contribution in [0.5, 0.6) is 0 Å². The number of likely N-dealkylation sites (tertiary alicyclic amines) is 1. The summed E-state index contributed by atoms with van der Waals surface area (Å²) >= 11 is 0. The van der Waals surface area contributed by atoms with Crippen molar-refractivity contribution in [3.8, 4) is 0 Å². The van der Waals surface area contributed by atoms with Gasteiger partial charge in [-0.1, -0.05) is 12.1 Å². The molecule has 0 aliphatic carbocycles. The highest BCUT2D eigenvalue weighted by Gasteiger charge is 2.09. The quantitative estimate of drug-likeness (QED) is 0.589. The Morgan fingerprint density at radius 2 is 1.94 bits per heavy atom. The minimum absolute atomic E-state index is 0.837. The largest absolute Gasteiger partial charge is 0.397 e. The number of hydrogen-bond acceptors (Lipinski definition) is 3. The average molecular weight is 219 g/mol. The molecular formula is C13H21N3. The lowest BCUT2D eigenvalue weighted by Gasteiger charge is -2.15. The van der Waals surface area contributed by atoms with Crippen molar-refractivity contribution >= 4 is 11.4 Å². The molecule has 0 saturated carbocycles. The molecule has 3 nitrogen and oxygen atoms in total. The number of benzene rings is 1. The second kappa shape index (κ2) is 5.75. The number of hydrogen-bond donors (Lipinski definition) is 2. The van der Waals surface area contributed by atoms with Gasteiger partial charge in [0.15, 0.2) is 0 Å². The van der Waals surface area contributed by atoms with Crippen molar-refractivity contribution in [2.24, 2.45) is 0 Å². The summed E-state index contributed by atoms with van der Waals surface area (Å²) in [5.41, 5.74) is 7.75. The lowest BCUT2D eigenvalue weighted by Crippen LogP contribution is -2.22. The van der Waals surface area contributed by atoms with Crippen molar-refractivity contribution in [1.82, 2.24) is 4.90 Å². The Kier molecular flexibility index (Phi) is 4.05. The maximum absolute atomic E-state index is 5.85. The van der Waals surface area contributed by atoms with E-state index in [0.29, 0.717) is 0 Å². The van der Waals surface area contributed by atoms with Gasteiger partial charge in [-0.2, -0.15) is 0 Å². The fourth-order valence-electron chi connectivity index (χ4n) is 2.19. The summed E-state index contributed by atoms with van der Waals surface area (Å²) in [5, 5.41) is 3.39. The Balaban J connectivity index is 1.66. The molecule has 1 aromatic carbocycles. The molecule has 1 heterocycles. The van der Waals surface area contributed by atoms with Gasteiger partial charge >= 0.3 is 0 Å². The molecule has 0 atom stereocenters. The number of anilines is 2. The van der Waals surface area contributed by atoms with Crippen LogP contribution < -0.4 is 11.1 Å². The van der Waals surface area contributed by atoms with E-state index in [0.717, 1.165) is 17.9 Å². The monoisotopic (exact) mass is 219 g/mol. The zero-order valence-electron chi connectivity index (χ0n) is 9.78. The molecule has 1 fully saturated rings. The Labute approximate surface area is 97.6 Å². The Bertz CT molecular complexity index is 319. The maximum Gasteiger partial charge on any atom is 0.0573 e. The summed E-state index contributed by atoms with van der Waals surface area (Å²) in [6, 6.07) is 7.94. The smallest absolute Gasteiger partial charge is 0.0573 e. The molecule has 88 valence electrons. The first-order valence-electron chi connectivity index (χ1n) is 6.17. The second-order valence-electron chi connectivity index (χ2n) is 4.42. The Morgan fingerprint density at radius 3 is 2.69 bits per heavy atom. The van der Waals surface area contributed by atoms with Gasteiger partial charge in [0.05, 0.1) is 11.4 Å². The molecule has 0 amide bonds. The van der Waals surface area contributed by atoms with Crippen molar-refractivity contribution in [1.29, 1.82) is 0 Å². The summed E-state index contributed by atoms with van der Waals surface area (Å²) in [6.07, 6.45) is 3.94. The standard InChI is InChI=1S/C13H21N3/c14-12-6-1-2-7-13(12)15-8-5-11-16-9-3-4-10-16/h1-2,6-7,15H,3-5,8-11,14H2. The minimum atomic E-state index is 0.837. The molecule has 3 N–H and O–H groups in total. The third kappa shape index (κ3) is 3.14. The molecule has 0 spiro atoms. The van der Waals surface area contributed by atoms with Crippen molar-refractivity contribution in [3.05, 3.63) is 24.3 Å². The van der Waals surface area contributed by atoms with Crippen LogP contribution in [-0.4, -0.2) is 31.1 Å². The Morgan fingerprint density at radius 1 is 1.19 bits per heavy atom. The van der Waals surface area contributed by atoms with Crippen molar-refractivity contribution in [3.63, 3.8) is 0 Å². The van der Waals surface area contributed by atoms with Crippen molar-refractivity contribution < 1.29 is 0 Å². The van der Waals surface area contributed by atoms with E-state index in [9.17, 15) is 0 Å². The van der Waals surface area contributed by atoms with Gasteiger partial charge in [0, 0.05) is 6.54 Å². The first-order chi connectivity index (χ1) is 7.86. The normalized spacial score (nSPS) is 16.5. The van der Waals surface area contributed by atoms with E-state index in [1.54, 1.807) is 0 Å². The lowest BCUT2D eigenvalue weighted by atomic mass is 10.2. The van der Waals surface area contributed by atoms with Crippen LogP contribution in [-0.2, 0) is 0 Å². The van der Waals surface area contributed by atoms with Gasteiger partial charge in [-0.25, -0.2) is 0 Å². The average Bonchev–Trinajstić information content (AvgIpc) is 2.79. The molecule has 1 aromatic rings. The minimum Gasteiger partial charge on any atom is -0.397 e. The molecule has 16 heavy (non-hydrogen) atoms. The molecule has 3 heteroatoms. The molecule has 1 saturated heterocycles. The van der Waals surface area contributed by atoms with E-state index in [4.69, 9.17) is 5.73 Å². The summed E-state index contributed by atoms with van der Waals surface area (Å²) in [6.45, 7) is 4.78. The van der Waals surface area contributed by atoms with Crippen LogP contribution in [0, 0.1) is 0 Å². The Hall–Kier alpha value is -1.22. The van der Waals surface area contributed by atoms with Crippen molar-refractivity contribution in [2.45, 2.75) is 19.3 Å². The molecule has 0 bridgehead atoms. The molecule has 0 aromatic heterocycles. The van der Waals surface area contributed by atoms with Crippen LogP contribution in [0.25, 0.3) is 0 Å². The fraction of sp³-hybridized carbons (Fsp3) is 0.538. The fourth-order valence-corrected chi connectivity index (χ4v) is 2.19. The number of para-hydroxylation sites is 2. The summed E-state index contributed by atoms with van der Waals surface area (Å²) in [7, 11) is 0. The second-order valence-corrected chi connectivity index (χ2v) is 4.42. The van der Waals surface area contributed by atoms with E-state index >= 15 is 0 Å². The first-order valence-corrected chi connectivity index (χ1v) is 6.17. The molecule has 1 aliphatic rings. The van der Waals surface area contributed by atoms with Crippen LogP contribution in [0.4, 0.5) is 11.4 Å². The number of nitrogens with one attached hydrogen (secondary N) is 1. The number of nitrogens with zero attached hydrogens (tertiary/aromatic N) is 1. The summed E-state index contributed by atoms with van der Waals surface area (Å²) in [5.74, 6) is 0. The molecule has 0 unspecified atom stereocenters. The molecule has 1 aliphatic heterocycles. The summed E-state index contributed by atoms with van der Waals surface area (Å²) in [4.78, 5) is 2.54. The molecule has 2 rings (SSSR count). The molecular weight excluding hydrogens is 198 g/mol.